The van der Waals surface area contributed by atoms with Gasteiger partial charge in [0.25, 0.3) is 0 Å². The lowest BCUT2D eigenvalue weighted by Gasteiger charge is -2.26. The normalized spacial score (nSPS) is 16.2. The Balaban J connectivity index is 1.67. The van der Waals surface area contributed by atoms with Gasteiger partial charge in [0.15, 0.2) is 5.01 Å². The number of hydrogen-bond acceptors (Lipinski definition) is 7. The Bertz CT molecular complexity index is 653. The first kappa shape index (κ1) is 15.9. The number of anilines is 1. The van der Waals surface area contributed by atoms with Gasteiger partial charge >= 0.3 is 5.97 Å². The van der Waals surface area contributed by atoms with Crippen molar-refractivity contribution in [1.29, 1.82) is 0 Å². The van der Waals surface area contributed by atoms with Gasteiger partial charge in [0.2, 0.25) is 5.13 Å². The second-order valence-corrected chi connectivity index (χ2v) is 6.67. The summed E-state index contributed by atoms with van der Waals surface area (Å²) >= 11 is 1.45. The van der Waals surface area contributed by atoms with Crippen LogP contribution in [-0.2, 0) is 9.53 Å². The van der Waals surface area contributed by atoms with Crippen LogP contribution in [-0.4, -0.2) is 34.3 Å². The lowest BCUT2D eigenvalue weighted by Crippen LogP contribution is -2.37. The van der Waals surface area contributed by atoms with E-state index in [2.05, 4.69) is 20.5 Å². The summed E-state index contributed by atoms with van der Waals surface area (Å²) in [6.45, 7) is 2.81. The van der Waals surface area contributed by atoms with Gasteiger partial charge < -0.3 is 10.1 Å². The first-order valence-corrected chi connectivity index (χ1v) is 8.71. The van der Waals surface area contributed by atoms with Crippen molar-refractivity contribution in [2.45, 2.75) is 32.6 Å². The molecule has 1 aliphatic rings. The van der Waals surface area contributed by atoms with E-state index in [1.165, 1.54) is 11.3 Å². The van der Waals surface area contributed by atoms with Crippen molar-refractivity contribution in [3.63, 3.8) is 0 Å². The zero-order valence-electron chi connectivity index (χ0n) is 13.1. The summed E-state index contributed by atoms with van der Waals surface area (Å²) < 4.78 is 5.27. The smallest absolute Gasteiger partial charge is 0.313 e. The van der Waals surface area contributed by atoms with Crippen LogP contribution in [0.5, 0.6) is 0 Å². The zero-order valence-corrected chi connectivity index (χ0v) is 13.9. The Morgan fingerprint density at radius 3 is 2.87 bits per heavy atom. The van der Waals surface area contributed by atoms with Crippen LogP contribution < -0.4 is 5.32 Å². The average molecular weight is 332 g/mol. The van der Waals surface area contributed by atoms with Crippen molar-refractivity contribution >= 4 is 22.4 Å². The van der Waals surface area contributed by atoms with Gasteiger partial charge in [-0.15, -0.1) is 10.2 Å². The monoisotopic (exact) mass is 332 g/mol. The molecule has 1 aliphatic carbocycles. The third kappa shape index (κ3) is 3.50. The Morgan fingerprint density at radius 1 is 1.35 bits per heavy atom. The highest BCUT2D eigenvalue weighted by Gasteiger charge is 2.42. The lowest BCUT2D eigenvalue weighted by molar-refractivity contribution is -0.154. The van der Waals surface area contributed by atoms with Crippen LogP contribution in [0.4, 0.5) is 5.13 Å². The van der Waals surface area contributed by atoms with E-state index in [9.17, 15) is 4.79 Å². The fourth-order valence-electron chi connectivity index (χ4n) is 2.92. The molecule has 1 saturated carbocycles. The molecule has 122 valence electrons. The van der Waals surface area contributed by atoms with E-state index in [-0.39, 0.29) is 5.97 Å². The highest BCUT2D eigenvalue weighted by atomic mass is 32.1. The van der Waals surface area contributed by atoms with Gasteiger partial charge in [-0.3, -0.25) is 9.78 Å². The van der Waals surface area contributed by atoms with Crippen LogP contribution in [0.2, 0.25) is 0 Å². The summed E-state index contributed by atoms with van der Waals surface area (Å²) in [4.78, 5) is 16.6. The molecule has 1 N–H and O–H groups in total. The molecule has 2 heterocycles. The number of ether oxygens (including phenoxy) is 1. The summed E-state index contributed by atoms with van der Waals surface area (Å²) in [5, 5.41) is 13.1. The maximum absolute atomic E-state index is 12.3. The summed E-state index contributed by atoms with van der Waals surface area (Å²) in [6.07, 6.45) is 5.60. The van der Waals surface area contributed by atoms with Crippen LogP contribution in [0, 0.1) is 5.41 Å². The summed E-state index contributed by atoms with van der Waals surface area (Å²) in [6, 6.07) is 5.69. The Hall–Kier alpha value is -2.02. The standard InChI is InChI=1S/C16H20N4O2S/c1-2-22-14(21)16(8-4-5-9-16)11-18-15-20-19-13(23-15)12-7-3-6-10-17-12/h3,6-7,10H,2,4-5,8-9,11H2,1H3,(H,18,20). The number of hydrogen-bond donors (Lipinski definition) is 1. The van der Waals surface area contributed by atoms with E-state index in [0.29, 0.717) is 18.3 Å². The van der Waals surface area contributed by atoms with E-state index in [1.807, 2.05) is 25.1 Å². The van der Waals surface area contributed by atoms with Gasteiger partial charge in [0.1, 0.15) is 5.69 Å². The molecule has 2 aromatic heterocycles. The second kappa shape index (κ2) is 7.04. The van der Waals surface area contributed by atoms with Crippen molar-refractivity contribution in [3.8, 4) is 10.7 Å². The average Bonchev–Trinajstić information content (AvgIpc) is 3.24. The number of carbonyl (C=O) groups excluding carboxylic acids is 1. The maximum atomic E-state index is 12.3. The zero-order chi connectivity index (χ0) is 16.1. The first-order chi connectivity index (χ1) is 11.2. The molecular formula is C16H20N4O2S. The van der Waals surface area contributed by atoms with Crippen molar-refractivity contribution in [3.05, 3.63) is 24.4 Å². The van der Waals surface area contributed by atoms with E-state index in [0.717, 1.165) is 36.4 Å². The second-order valence-electron chi connectivity index (χ2n) is 5.69. The Morgan fingerprint density at radius 2 is 2.17 bits per heavy atom. The van der Waals surface area contributed by atoms with Crippen LogP contribution in [0.3, 0.4) is 0 Å². The number of esters is 1. The molecule has 0 spiro atoms. The topological polar surface area (TPSA) is 77.0 Å². The van der Waals surface area contributed by atoms with Gasteiger partial charge in [0, 0.05) is 12.7 Å². The molecule has 6 nitrogen and oxygen atoms in total. The molecule has 2 aromatic rings. The molecule has 0 saturated heterocycles. The summed E-state index contributed by atoms with van der Waals surface area (Å²) in [7, 11) is 0. The molecule has 0 amide bonds. The highest BCUT2D eigenvalue weighted by Crippen LogP contribution is 2.39. The number of nitrogens with one attached hydrogen (secondary N) is 1. The highest BCUT2D eigenvalue weighted by molar-refractivity contribution is 7.18. The van der Waals surface area contributed by atoms with Crippen LogP contribution in [0.1, 0.15) is 32.6 Å². The molecular weight excluding hydrogens is 312 g/mol. The van der Waals surface area contributed by atoms with E-state index in [4.69, 9.17) is 4.74 Å². The Labute approximate surface area is 139 Å². The minimum Gasteiger partial charge on any atom is -0.466 e. The van der Waals surface area contributed by atoms with Gasteiger partial charge in [-0.05, 0) is 31.9 Å². The molecule has 1 fully saturated rings. The molecule has 23 heavy (non-hydrogen) atoms. The predicted molar refractivity (Wildman–Crippen MR) is 89.2 cm³/mol. The fraction of sp³-hybridized carbons (Fsp3) is 0.500. The number of nitrogens with zero attached hydrogens (tertiary/aromatic N) is 3. The number of pyridine rings is 1. The minimum absolute atomic E-state index is 0.0977. The van der Waals surface area contributed by atoms with E-state index >= 15 is 0 Å². The molecule has 0 unspecified atom stereocenters. The van der Waals surface area contributed by atoms with Gasteiger partial charge in [-0.2, -0.15) is 0 Å². The lowest BCUT2D eigenvalue weighted by atomic mass is 9.86. The largest absolute Gasteiger partial charge is 0.466 e. The SMILES string of the molecule is CCOC(=O)C1(CNc2nnc(-c3ccccn3)s2)CCCC1. The van der Waals surface area contributed by atoms with Crippen molar-refractivity contribution in [2.24, 2.45) is 5.41 Å². The van der Waals surface area contributed by atoms with Gasteiger partial charge in [-0.1, -0.05) is 30.2 Å². The van der Waals surface area contributed by atoms with Crippen LogP contribution in [0.25, 0.3) is 10.7 Å². The molecule has 0 aromatic carbocycles. The molecule has 0 bridgehead atoms. The first-order valence-electron chi connectivity index (χ1n) is 7.89. The van der Waals surface area contributed by atoms with Gasteiger partial charge in [0.05, 0.1) is 12.0 Å². The quantitative estimate of drug-likeness (QED) is 0.819. The maximum Gasteiger partial charge on any atom is 0.313 e. The van der Waals surface area contributed by atoms with Crippen LogP contribution in [0.15, 0.2) is 24.4 Å². The molecule has 3 rings (SSSR count). The van der Waals surface area contributed by atoms with E-state index < -0.39 is 5.41 Å². The van der Waals surface area contributed by atoms with Crippen LogP contribution >= 0.6 is 11.3 Å². The molecule has 0 radical (unpaired) electrons. The van der Waals surface area contributed by atoms with E-state index in [1.54, 1.807) is 6.20 Å². The summed E-state index contributed by atoms with van der Waals surface area (Å²) in [5.74, 6) is -0.0977. The molecule has 0 aliphatic heterocycles. The third-order valence-electron chi connectivity index (χ3n) is 4.16. The van der Waals surface area contributed by atoms with Crippen molar-refractivity contribution in [1.82, 2.24) is 15.2 Å². The summed E-state index contributed by atoms with van der Waals surface area (Å²) in [5.41, 5.74) is 0.381. The number of aromatic nitrogens is 3. The predicted octanol–water partition coefficient (Wildman–Crippen LogP) is 3.14. The fourth-order valence-corrected chi connectivity index (χ4v) is 3.64. The minimum atomic E-state index is -0.424. The van der Waals surface area contributed by atoms with Gasteiger partial charge in [-0.25, -0.2) is 0 Å². The molecule has 7 heteroatoms. The Kier molecular flexibility index (Phi) is 4.85. The number of carbonyl (C=O) groups is 1. The van der Waals surface area contributed by atoms with Crippen molar-refractivity contribution < 1.29 is 9.53 Å². The molecule has 0 atom stereocenters. The number of rotatable bonds is 6. The van der Waals surface area contributed by atoms with Crippen molar-refractivity contribution in [2.75, 3.05) is 18.5 Å². The third-order valence-corrected chi connectivity index (χ3v) is 5.06.